The van der Waals surface area contributed by atoms with Crippen molar-refractivity contribution >= 4 is 11.8 Å². The minimum absolute atomic E-state index is 0.00604. The molecule has 4 nitrogen and oxygen atoms in total. The molecule has 1 amide bonds. The van der Waals surface area contributed by atoms with Gasteiger partial charge in [0.2, 0.25) is 0 Å². The SMILES string of the molecule is CC1(C)CCC(c2ccc(NC3CCC(OC(N)=O)CC3)cc2)CC1. The third-order valence-electron chi connectivity index (χ3n) is 6.05. The first-order valence-corrected chi connectivity index (χ1v) is 9.74. The lowest BCUT2D eigenvalue weighted by Crippen LogP contribution is -2.32. The van der Waals surface area contributed by atoms with Gasteiger partial charge in [0.1, 0.15) is 6.10 Å². The number of hydrogen-bond donors (Lipinski definition) is 2. The Balaban J connectivity index is 1.48. The number of carbonyl (C=O) groups is 1. The molecule has 1 aromatic carbocycles. The number of benzene rings is 1. The molecule has 25 heavy (non-hydrogen) atoms. The number of ether oxygens (including phenoxy) is 1. The van der Waals surface area contributed by atoms with Gasteiger partial charge in [-0.3, -0.25) is 0 Å². The van der Waals surface area contributed by atoms with E-state index in [0.29, 0.717) is 11.5 Å². The van der Waals surface area contributed by atoms with Crippen LogP contribution in [0.2, 0.25) is 0 Å². The van der Waals surface area contributed by atoms with Crippen LogP contribution in [0.15, 0.2) is 24.3 Å². The maximum absolute atomic E-state index is 10.8. The molecule has 0 aromatic heterocycles. The number of nitrogens with one attached hydrogen (secondary N) is 1. The molecule has 2 aliphatic rings. The molecule has 3 N–H and O–H groups in total. The molecule has 0 atom stereocenters. The molecule has 0 saturated heterocycles. The number of amides is 1. The lowest BCUT2D eigenvalue weighted by Gasteiger charge is -2.34. The molecule has 0 bridgehead atoms. The second-order valence-electron chi connectivity index (χ2n) is 8.62. The Morgan fingerprint density at radius 2 is 1.64 bits per heavy atom. The van der Waals surface area contributed by atoms with Gasteiger partial charge >= 0.3 is 6.09 Å². The molecular weight excluding hydrogens is 312 g/mol. The highest BCUT2D eigenvalue weighted by molar-refractivity contribution is 5.64. The van der Waals surface area contributed by atoms with E-state index in [1.54, 1.807) is 0 Å². The zero-order chi connectivity index (χ0) is 17.9. The number of carbonyl (C=O) groups excluding carboxylic acids is 1. The first-order valence-electron chi connectivity index (χ1n) is 9.74. The Hall–Kier alpha value is -1.71. The summed E-state index contributed by atoms with van der Waals surface area (Å²) in [5.74, 6) is 0.725. The third kappa shape index (κ3) is 5.13. The van der Waals surface area contributed by atoms with Crippen molar-refractivity contribution in [2.45, 2.75) is 83.3 Å². The molecule has 2 aliphatic carbocycles. The molecule has 3 rings (SSSR count). The average molecular weight is 344 g/mol. The van der Waals surface area contributed by atoms with Crippen molar-refractivity contribution in [1.29, 1.82) is 0 Å². The van der Waals surface area contributed by atoms with Gasteiger partial charge in [-0.2, -0.15) is 0 Å². The normalized spacial score (nSPS) is 26.8. The van der Waals surface area contributed by atoms with Crippen molar-refractivity contribution in [3.63, 3.8) is 0 Å². The average Bonchev–Trinajstić information content (AvgIpc) is 2.57. The van der Waals surface area contributed by atoms with Gasteiger partial charge in [-0.1, -0.05) is 26.0 Å². The first-order chi connectivity index (χ1) is 11.9. The second-order valence-corrected chi connectivity index (χ2v) is 8.62. The van der Waals surface area contributed by atoms with Crippen molar-refractivity contribution in [3.05, 3.63) is 29.8 Å². The summed E-state index contributed by atoms with van der Waals surface area (Å²) in [6, 6.07) is 9.50. The molecule has 0 heterocycles. The smallest absolute Gasteiger partial charge is 0.404 e. The fourth-order valence-electron chi connectivity index (χ4n) is 4.31. The molecule has 0 aliphatic heterocycles. The second kappa shape index (κ2) is 7.67. The minimum atomic E-state index is -0.655. The van der Waals surface area contributed by atoms with Crippen molar-refractivity contribution < 1.29 is 9.53 Å². The number of primary amides is 1. The van der Waals surface area contributed by atoms with Crippen molar-refractivity contribution in [2.24, 2.45) is 11.1 Å². The number of anilines is 1. The summed E-state index contributed by atoms with van der Waals surface area (Å²) in [5.41, 5.74) is 8.30. The Bertz CT molecular complexity index is 564. The Morgan fingerprint density at radius 3 is 2.20 bits per heavy atom. The van der Waals surface area contributed by atoms with Gasteiger partial charge in [-0.15, -0.1) is 0 Å². The monoisotopic (exact) mass is 344 g/mol. The molecule has 0 unspecified atom stereocenters. The molecule has 1 aromatic rings. The predicted octanol–water partition coefficient (Wildman–Crippen LogP) is 5.19. The highest BCUT2D eigenvalue weighted by Gasteiger charge is 2.27. The van der Waals surface area contributed by atoms with Crippen LogP contribution in [0.3, 0.4) is 0 Å². The van der Waals surface area contributed by atoms with E-state index >= 15 is 0 Å². The summed E-state index contributed by atoms with van der Waals surface area (Å²) in [5, 5.41) is 3.63. The number of nitrogens with two attached hydrogens (primary N) is 1. The molecule has 138 valence electrons. The molecule has 0 radical (unpaired) electrons. The molecule has 2 saturated carbocycles. The van der Waals surface area contributed by atoms with E-state index in [-0.39, 0.29) is 6.10 Å². The van der Waals surface area contributed by atoms with Gasteiger partial charge < -0.3 is 15.8 Å². The molecular formula is C21H32N2O2. The Kier molecular flexibility index (Phi) is 5.55. The van der Waals surface area contributed by atoms with Crippen LogP contribution in [-0.2, 0) is 4.74 Å². The van der Waals surface area contributed by atoms with Gasteiger partial charge in [0.25, 0.3) is 0 Å². The highest BCUT2D eigenvalue weighted by Crippen LogP contribution is 2.42. The maximum Gasteiger partial charge on any atom is 0.404 e. The van der Waals surface area contributed by atoms with Crippen LogP contribution in [0.5, 0.6) is 0 Å². The van der Waals surface area contributed by atoms with E-state index in [2.05, 4.69) is 43.4 Å². The summed E-state index contributed by atoms with van der Waals surface area (Å²) in [4.78, 5) is 10.8. The van der Waals surface area contributed by atoms with E-state index in [1.807, 2.05) is 0 Å². The van der Waals surface area contributed by atoms with Crippen LogP contribution in [0, 0.1) is 5.41 Å². The van der Waals surface area contributed by atoms with Gasteiger partial charge in [-0.25, -0.2) is 4.79 Å². The van der Waals surface area contributed by atoms with E-state index < -0.39 is 6.09 Å². The third-order valence-corrected chi connectivity index (χ3v) is 6.05. The standard InChI is InChI=1S/C21H32N2O2/c1-21(2)13-11-16(12-14-21)15-3-5-17(6-4-15)23-18-7-9-19(10-8-18)25-20(22)24/h3-6,16,18-19,23H,7-14H2,1-2H3,(H2,22,24). The highest BCUT2D eigenvalue weighted by atomic mass is 16.6. The lowest BCUT2D eigenvalue weighted by molar-refractivity contribution is 0.0806. The summed E-state index contributed by atoms with van der Waals surface area (Å²) in [6.07, 6.45) is 8.41. The van der Waals surface area contributed by atoms with Gasteiger partial charge in [0.15, 0.2) is 0 Å². The van der Waals surface area contributed by atoms with Crippen molar-refractivity contribution in [2.75, 3.05) is 5.32 Å². The molecule has 0 spiro atoms. The van der Waals surface area contributed by atoms with Crippen LogP contribution in [0.4, 0.5) is 10.5 Å². The van der Waals surface area contributed by atoms with Crippen molar-refractivity contribution in [1.82, 2.24) is 0 Å². The Morgan fingerprint density at radius 1 is 1.04 bits per heavy atom. The van der Waals surface area contributed by atoms with Gasteiger partial charge in [0, 0.05) is 11.7 Å². The van der Waals surface area contributed by atoms with Crippen molar-refractivity contribution in [3.8, 4) is 0 Å². The largest absolute Gasteiger partial charge is 0.446 e. The summed E-state index contributed by atoms with van der Waals surface area (Å²) < 4.78 is 5.10. The van der Waals surface area contributed by atoms with Crippen LogP contribution in [-0.4, -0.2) is 18.2 Å². The van der Waals surface area contributed by atoms with Gasteiger partial charge in [0.05, 0.1) is 0 Å². The van der Waals surface area contributed by atoms with Crippen LogP contribution < -0.4 is 11.1 Å². The maximum atomic E-state index is 10.8. The summed E-state index contributed by atoms with van der Waals surface area (Å²) >= 11 is 0. The fourth-order valence-corrected chi connectivity index (χ4v) is 4.31. The van der Waals surface area contributed by atoms with E-state index in [1.165, 1.54) is 36.9 Å². The number of rotatable bonds is 4. The predicted molar refractivity (Wildman–Crippen MR) is 102 cm³/mol. The van der Waals surface area contributed by atoms with E-state index in [9.17, 15) is 4.79 Å². The lowest BCUT2D eigenvalue weighted by atomic mass is 9.71. The summed E-state index contributed by atoms with van der Waals surface area (Å²) in [7, 11) is 0. The first kappa shape index (κ1) is 18.1. The number of hydrogen-bond acceptors (Lipinski definition) is 3. The molecule has 2 fully saturated rings. The Labute approximate surface area is 151 Å². The minimum Gasteiger partial charge on any atom is -0.446 e. The quantitative estimate of drug-likeness (QED) is 0.790. The van der Waals surface area contributed by atoms with Crippen LogP contribution >= 0.6 is 0 Å². The van der Waals surface area contributed by atoms with Crippen LogP contribution in [0.25, 0.3) is 0 Å². The molecule has 4 heteroatoms. The van der Waals surface area contributed by atoms with Crippen LogP contribution in [0.1, 0.15) is 76.7 Å². The summed E-state index contributed by atoms with van der Waals surface area (Å²) in [6.45, 7) is 4.78. The topological polar surface area (TPSA) is 64.3 Å². The fraction of sp³-hybridized carbons (Fsp3) is 0.667. The van der Waals surface area contributed by atoms with Gasteiger partial charge in [-0.05, 0) is 80.4 Å². The zero-order valence-electron chi connectivity index (χ0n) is 15.6. The zero-order valence-corrected chi connectivity index (χ0v) is 15.6. The van der Waals surface area contributed by atoms with E-state index in [0.717, 1.165) is 31.6 Å². The van der Waals surface area contributed by atoms with E-state index in [4.69, 9.17) is 10.5 Å².